The van der Waals surface area contributed by atoms with Gasteiger partial charge in [-0.05, 0) is 54.1 Å². The second-order valence-corrected chi connectivity index (χ2v) is 7.01. The molecule has 1 unspecified atom stereocenters. The second kappa shape index (κ2) is 8.96. The number of aromatic nitrogens is 4. The number of ether oxygens (including phenoxy) is 3. The van der Waals surface area contributed by atoms with Crippen molar-refractivity contribution in [1.29, 1.82) is 0 Å². The lowest BCUT2D eigenvalue weighted by Gasteiger charge is -2.28. The van der Waals surface area contributed by atoms with Gasteiger partial charge in [-0.3, -0.25) is 4.79 Å². The molecule has 1 atom stereocenters. The minimum absolute atomic E-state index is 0.307. The van der Waals surface area contributed by atoms with Crippen LogP contribution in [0.5, 0.6) is 17.2 Å². The van der Waals surface area contributed by atoms with Gasteiger partial charge in [-0.25, -0.2) is 0 Å². The number of anilines is 2. The first-order valence-electron chi connectivity index (χ1n) is 10.1. The van der Waals surface area contributed by atoms with E-state index in [0.717, 1.165) is 5.56 Å². The standard InChI is InChI=1S/C22H24N6O4/c1-5-32-17-11-10-14(12-18(17)31-4)20-19(13(2)23-22-25-26-27-28(20)22)21(29)24-15-8-6-7-9-16(15)30-3/h6-12,20H,5H2,1-4H3,(H,24,29)(H,23,25,27). The lowest BCUT2D eigenvalue weighted by atomic mass is 9.94. The maximum Gasteiger partial charge on any atom is 0.255 e. The highest BCUT2D eigenvalue weighted by atomic mass is 16.5. The van der Waals surface area contributed by atoms with E-state index in [1.165, 1.54) is 0 Å². The highest BCUT2D eigenvalue weighted by Gasteiger charge is 2.34. The number of rotatable bonds is 7. The van der Waals surface area contributed by atoms with Gasteiger partial charge in [0.25, 0.3) is 5.91 Å². The summed E-state index contributed by atoms with van der Waals surface area (Å²) in [5.41, 5.74) is 2.43. The van der Waals surface area contributed by atoms with E-state index in [9.17, 15) is 4.79 Å². The molecule has 1 aliphatic rings. The number of nitrogens with zero attached hydrogens (tertiary/aromatic N) is 4. The molecule has 3 aromatic rings. The molecule has 2 aromatic carbocycles. The fourth-order valence-electron chi connectivity index (χ4n) is 3.68. The molecule has 0 radical (unpaired) electrons. The molecule has 1 aliphatic heterocycles. The van der Waals surface area contributed by atoms with Crippen molar-refractivity contribution in [1.82, 2.24) is 20.2 Å². The third-order valence-corrected chi connectivity index (χ3v) is 5.12. The zero-order valence-electron chi connectivity index (χ0n) is 18.2. The molecule has 2 N–H and O–H groups in total. The lowest BCUT2D eigenvalue weighted by Crippen LogP contribution is -2.31. The van der Waals surface area contributed by atoms with Crippen LogP contribution < -0.4 is 24.8 Å². The van der Waals surface area contributed by atoms with Crippen LogP contribution in [-0.4, -0.2) is 46.9 Å². The quantitative estimate of drug-likeness (QED) is 0.581. The van der Waals surface area contributed by atoms with Crippen molar-refractivity contribution in [2.24, 2.45) is 0 Å². The Balaban J connectivity index is 1.77. The fourth-order valence-corrected chi connectivity index (χ4v) is 3.68. The molecule has 0 bridgehead atoms. The number of nitrogens with one attached hydrogen (secondary N) is 2. The first kappa shape index (κ1) is 21.2. The van der Waals surface area contributed by atoms with Crippen molar-refractivity contribution < 1.29 is 19.0 Å². The van der Waals surface area contributed by atoms with Gasteiger partial charge in [0, 0.05) is 5.70 Å². The number of benzene rings is 2. The summed E-state index contributed by atoms with van der Waals surface area (Å²) in [6.07, 6.45) is 0. The summed E-state index contributed by atoms with van der Waals surface area (Å²) in [6, 6.07) is 12.2. The number of methoxy groups -OCH3 is 2. The molecule has 32 heavy (non-hydrogen) atoms. The van der Waals surface area contributed by atoms with E-state index < -0.39 is 6.04 Å². The first-order valence-corrected chi connectivity index (χ1v) is 10.1. The van der Waals surface area contributed by atoms with Crippen LogP contribution in [0.4, 0.5) is 11.6 Å². The van der Waals surface area contributed by atoms with Gasteiger partial charge in [-0.15, -0.1) is 0 Å². The van der Waals surface area contributed by atoms with E-state index in [4.69, 9.17) is 14.2 Å². The van der Waals surface area contributed by atoms with Gasteiger partial charge in [0.1, 0.15) is 11.8 Å². The Morgan fingerprint density at radius 2 is 1.91 bits per heavy atom. The van der Waals surface area contributed by atoms with E-state index in [2.05, 4.69) is 26.2 Å². The van der Waals surface area contributed by atoms with E-state index in [1.54, 1.807) is 31.0 Å². The van der Waals surface area contributed by atoms with Crippen LogP contribution in [-0.2, 0) is 4.79 Å². The summed E-state index contributed by atoms with van der Waals surface area (Å²) in [7, 11) is 3.13. The number of para-hydroxylation sites is 2. The maximum absolute atomic E-state index is 13.5. The van der Waals surface area contributed by atoms with Gasteiger partial charge in [-0.2, -0.15) is 4.68 Å². The Morgan fingerprint density at radius 1 is 1.12 bits per heavy atom. The molecule has 0 saturated carbocycles. The Morgan fingerprint density at radius 3 is 2.66 bits per heavy atom. The van der Waals surface area contributed by atoms with Crippen LogP contribution in [0.25, 0.3) is 0 Å². The number of hydrogen-bond acceptors (Lipinski definition) is 8. The number of carbonyl (C=O) groups excluding carboxylic acids is 1. The number of allylic oxidation sites excluding steroid dienone is 1. The minimum Gasteiger partial charge on any atom is -0.495 e. The largest absolute Gasteiger partial charge is 0.495 e. The molecule has 166 valence electrons. The van der Waals surface area contributed by atoms with Crippen LogP contribution in [0, 0.1) is 0 Å². The number of hydrogen-bond donors (Lipinski definition) is 2. The van der Waals surface area contributed by atoms with Gasteiger partial charge in [0.05, 0.1) is 32.1 Å². The fraction of sp³-hybridized carbons (Fsp3) is 0.273. The summed E-state index contributed by atoms with van der Waals surface area (Å²) < 4.78 is 18.1. The van der Waals surface area contributed by atoms with E-state index in [1.807, 2.05) is 44.2 Å². The highest BCUT2D eigenvalue weighted by molar-refractivity contribution is 6.06. The first-order chi connectivity index (χ1) is 15.6. The summed E-state index contributed by atoms with van der Waals surface area (Å²) in [4.78, 5) is 13.5. The normalized spacial score (nSPS) is 14.9. The summed E-state index contributed by atoms with van der Waals surface area (Å²) >= 11 is 0. The molecule has 2 heterocycles. The third kappa shape index (κ3) is 3.82. The predicted octanol–water partition coefficient (Wildman–Crippen LogP) is 3.02. The molecule has 0 fully saturated rings. The Hall–Kier alpha value is -4.08. The van der Waals surface area contributed by atoms with Gasteiger partial charge in [0.15, 0.2) is 11.5 Å². The number of tetrazole rings is 1. The molecule has 10 nitrogen and oxygen atoms in total. The average Bonchev–Trinajstić information content (AvgIpc) is 3.27. The van der Waals surface area contributed by atoms with Crippen LogP contribution in [0.2, 0.25) is 0 Å². The molecule has 1 aromatic heterocycles. The number of fused-ring (bicyclic) bond motifs is 1. The monoisotopic (exact) mass is 436 g/mol. The molecule has 0 aliphatic carbocycles. The molecule has 0 spiro atoms. The van der Waals surface area contributed by atoms with Crippen LogP contribution in [0.3, 0.4) is 0 Å². The number of amides is 1. The molecule has 0 saturated heterocycles. The molecule has 4 rings (SSSR count). The zero-order valence-corrected chi connectivity index (χ0v) is 18.2. The van der Waals surface area contributed by atoms with Crippen LogP contribution in [0.15, 0.2) is 53.7 Å². The molecular weight excluding hydrogens is 412 g/mol. The SMILES string of the molecule is CCOc1ccc(C2C(C(=O)Nc3ccccc3OC)=C(C)Nc3nnnn32)cc1OC. The van der Waals surface area contributed by atoms with Gasteiger partial charge in [-0.1, -0.05) is 23.3 Å². The van der Waals surface area contributed by atoms with Crippen molar-refractivity contribution in [3.63, 3.8) is 0 Å². The van der Waals surface area contributed by atoms with Crippen molar-refractivity contribution in [3.05, 3.63) is 59.3 Å². The molecule has 1 amide bonds. The summed E-state index contributed by atoms with van der Waals surface area (Å²) in [5, 5.41) is 18.0. The van der Waals surface area contributed by atoms with Crippen molar-refractivity contribution in [2.45, 2.75) is 19.9 Å². The third-order valence-electron chi connectivity index (χ3n) is 5.12. The Labute approximate surface area is 185 Å². The van der Waals surface area contributed by atoms with Gasteiger partial charge in [0.2, 0.25) is 5.95 Å². The highest BCUT2D eigenvalue weighted by Crippen LogP contribution is 2.39. The summed E-state index contributed by atoms with van der Waals surface area (Å²) in [6.45, 7) is 4.22. The smallest absolute Gasteiger partial charge is 0.255 e. The van der Waals surface area contributed by atoms with Crippen LogP contribution >= 0.6 is 0 Å². The van der Waals surface area contributed by atoms with Crippen molar-refractivity contribution in [2.75, 3.05) is 31.5 Å². The van der Waals surface area contributed by atoms with E-state index >= 15 is 0 Å². The summed E-state index contributed by atoms with van der Waals surface area (Å²) in [5.74, 6) is 1.86. The minimum atomic E-state index is -0.583. The maximum atomic E-state index is 13.5. The van der Waals surface area contributed by atoms with E-state index in [-0.39, 0.29) is 5.91 Å². The predicted molar refractivity (Wildman–Crippen MR) is 118 cm³/mol. The Kier molecular flexibility index (Phi) is 5.93. The van der Waals surface area contributed by atoms with Gasteiger partial charge >= 0.3 is 0 Å². The zero-order chi connectivity index (χ0) is 22.7. The van der Waals surface area contributed by atoms with Crippen molar-refractivity contribution in [3.8, 4) is 17.2 Å². The topological polar surface area (TPSA) is 112 Å². The number of carbonyl (C=O) groups is 1. The lowest BCUT2D eigenvalue weighted by molar-refractivity contribution is -0.113. The van der Waals surface area contributed by atoms with Crippen molar-refractivity contribution >= 4 is 17.5 Å². The van der Waals surface area contributed by atoms with Crippen LogP contribution in [0.1, 0.15) is 25.5 Å². The second-order valence-electron chi connectivity index (χ2n) is 7.01. The van der Waals surface area contributed by atoms with E-state index in [0.29, 0.717) is 46.8 Å². The van der Waals surface area contributed by atoms with Gasteiger partial charge < -0.3 is 24.8 Å². The average molecular weight is 436 g/mol. The molecule has 10 heteroatoms. The molecular formula is C22H24N6O4. The Bertz CT molecular complexity index is 1170.